The van der Waals surface area contributed by atoms with Crippen molar-refractivity contribution in [1.29, 1.82) is 0 Å². The van der Waals surface area contributed by atoms with Crippen molar-refractivity contribution in [3.8, 4) is 0 Å². The van der Waals surface area contributed by atoms with Gasteiger partial charge in [-0.1, -0.05) is 24.3 Å². The monoisotopic (exact) mass is 329 g/mol. The van der Waals surface area contributed by atoms with Gasteiger partial charge in [0.05, 0.1) is 6.54 Å². The Labute approximate surface area is 143 Å². The molecule has 2 aromatic rings. The van der Waals surface area contributed by atoms with Crippen molar-refractivity contribution in [2.24, 2.45) is 4.99 Å². The maximum absolute atomic E-state index is 5.34. The third-order valence-corrected chi connectivity index (χ3v) is 3.64. The number of guanidine groups is 1. The van der Waals surface area contributed by atoms with Crippen LogP contribution in [-0.4, -0.2) is 42.5 Å². The van der Waals surface area contributed by atoms with Crippen molar-refractivity contribution in [3.63, 3.8) is 0 Å². The zero-order valence-corrected chi connectivity index (χ0v) is 14.5. The lowest BCUT2D eigenvalue weighted by atomic mass is 10.1. The van der Waals surface area contributed by atoms with Gasteiger partial charge in [-0.25, -0.2) is 0 Å². The molecule has 0 aliphatic rings. The van der Waals surface area contributed by atoms with E-state index in [1.807, 2.05) is 23.9 Å². The van der Waals surface area contributed by atoms with Crippen LogP contribution in [0.15, 0.2) is 47.7 Å². The molecule has 0 spiro atoms. The molecule has 6 nitrogen and oxygen atoms in total. The van der Waals surface area contributed by atoms with Gasteiger partial charge in [-0.3, -0.25) is 9.67 Å². The van der Waals surface area contributed by atoms with E-state index in [0.717, 1.165) is 45.2 Å². The molecule has 0 fully saturated rings. The van der Waals surface area contributed by atoms with Gasteiger partial charge in [0.15, 0.2) is 5.96 Å². The lowest BCUT2D eigenvalue weighted by Crippen LogP contribution is -2.37. The molecule has 0 amide bonds. The quantitative estimate of drug-likeness (QED) is 0.420. The van der Waals surface area contributed by atoms with Crippen LogP contribution in [0, 0.1) is 0 Å². The normalized spacial score (nSPS) is 11.5. The summed E-state index contributed by atoms with van der Waals surface area (Å²) in [7, 11) is 1.79. The van der Waals surface area contributed by atoms with Crippen LogP contribution >= 0.6 is 0 Å². The SMILES string of the molecule is CCOCCCNC(=NC)NCc1ccccc1Cn1cccn1. The zero-order chi connectivity index (χ0) is 17.0. The number of benzene rings is 1. The molecule has 6 heteroatoms. The predicted molar refractivity (Wildman–Crippen MR) is 97.1 cm³/mol. The number of nitrogens with zero attached hydrogens (tertiary/aromatic N) is 3. The number of hydrogen-bond acceptors (Lipinski definition) is 3. The molecule has 0 saturated heterocycles. The molecule has 0 radical (unpaired) electrons. The maximum Gasteiger partial charge on any atom is 0.191 e. The van der Waals surface area contributed by atoms with Gasteiger partial charge < -0.3 is 15.4 Å². The summed E-state index contributed by atoms with van der Waals surface area (Å²) in [5.41, 5.74) is 2.49. The average molecular weight is 329 g/mol. The molecule has 1 aromatic heterocycles. The lowest BCUT2D eigenvalue weighted by Gasteiger charge is -2.14. The fraction of sp³-hybridized carbons (Fsp3) is 0.444. The minimum Gasteiger partial charge on any atom is -0.382 e. The fourth-order valence-corrected chi connectivity index (χ4v) is 2.38. The summed E-state index contributed by atoms with van der Waals surface area (Å²) >= 11 is 0. The van der Waals surface area contributed by atoms with E-state index in [9.17, 15) is 0 Å². The number of nitrogens with one attached hydrogen (secondary N) is 2. The summed E-state index contributed by atoms with van der Waals surface area (Å²) < 4.78 is 7.27. The maximum atomic E-state index is 5.34. The van der Waals surface area contributed by atoms with E-state index in [1.165, 1.54) is 11.1 Å². The van der Waals surface area contributed by atoms with E-state index in [1.54, 1.807) is 13.2 Å². The molecule has 2 rings (SSSR count). The summed E-state index contributed by atoms with van der Waals surface area (Å²) in [6, 6.07) is 10.3. The largest absolute Gasteiger partial charge is 0.382 e. The predicted octanol–water partition coefficient (Wildman–Crippen LogP) is 2.02. The van der Waals surface area contributed by atoms with Gasteiger partial charge in [-0.2, -0.15) is 5.10 Å². The van der Waals surface area contributed by atoms with E-state index >= 15 is 0 Å². The number of aliphatic imine (C=N–C) groups is 1. The van der Waals surface area contributed by atoms with Crippen LogP contribution in [0.4, 0.5) is 0 Å². The Bertz CT molecular complexity index is 610. The molecular formula is C18H27N5O. The highest BCUT2D eigenvalue weighted by atomic mass is 16.5. The zero-order valence-electron chi connectivity index (χ0n) is 14.5. The van der Waals surface area contributed by atoms with Crippen LogP contribution in [-0.2, 0) is 17.8 Å². The highest BCUT2D eigenvalue weighted by Crippen LogP contribution is 2.10. The molecule has 1 heterocycles. The van der Waals surface area contributed by atoms with E-state index in [0.29, 0.717) is 0 Å². The van der Waals surface area contributed by atoms with Crippen LogP contribution in [0.2, 0.25) is 0 Å². The number of aromatic nitrogens is 2. The highest BCUT2D eigenvalue weighted by molar-refractivity contribution is 5.79. The summed E-state index contributed by atoms with van der Waals surface area (Å²) in [4.78, 5) is 4.26. The number of ether oxygens (including phenoxy) is 1. The fourth-order valence-electron chi connectivity index (χ4n) is 2.38. The van der Waals surface area contributed by atoms with Gasteiger partial charge in [0.2, 0.25) is 0 Å². The Hall–Kier alpha value is -2.34. The molecule has 0 unspecified atom stereocenters. The molecule has 0 atom stereocenters. The Balaban J connectivity index is 1.84. The van der Waals surface area contributed by atoms with Crippen LogP contribution in [0.1, 0.15) is 24.5 Å². The van der Waals surface area contributed by atoms with Crippen molar-refractivity contribution in [1.82, 2.24) is 20.4 Å². The second-order valence-corrected chi connectivity index (χ2v) is 5.38. The third kappa shape index (κ3) is 6.04. The van der Waals surface area contributed by atoms with E-state index in [4.69, 9.17) is 4.74 Å². The van der Waals surface area contributed by atoms with Gasteiger partial charge in [0.25, 0.3) is 0 Å². The van der Waals surface area contributed by atoms with Crippen LogP contribution in [0.3, 0.4) is 0 Å². The molecule has 0 saturated carbocycles. The first-order valence-electron chi connectivity index (χ1n) is 8.40. The molecular weight excluding hydrogens is 302 g/mol. The topological polar surface area (TPSA) is 63.5 Å². The summed E-state index contributed by atoms with van der Waals surface area (Å²) in [5, 5.41) is 10.9. The van der Waals surface area contributed by atoms with E-state index in [-0.39, 0.29) is 0 Å². The lowest BCUT2D eigenvalue weighted by molar-refractivity contribution is 0.145. The Kier molecular flexibility index (Phi) is 7.83. The molecule has 1 aromatic carbocycles. The molecule has 0 bridgehead atoms. The second-order valence-electron chi connectivity index (χ2n) is 5.38. The number of hydrogen-bond donors (Lipinski definition) is 2. The number of rotatable bonds is 9. The van der Waals surface area contributed by atoms with Gasteiger partial charge in [0.1, 0.15) is 0 Å². The molecule has 0 aliphatic heterocycles. The van der Waals surface area contributed by atoms with Crippen molar-refractivity contribution >= 4 is 5.96 Å². The summed E-state index contributed by atoms with van der Waals surface area (Å²) in [5.74, 6) is 0.806. The molecule has 0 aliphatic carbocycles. The van der Waals surface area contributed by atoms with Crippen molar-refractivity contribution in [2.45, 2.75) is 26.4 Å². The minimum absolute atomic E-state index is 0.725. The Morgan fingerprint density at radius 1 is 1.21 bits per heavy atom. The Morgan fingerprint density at radius 3 is 2.75 bits per heavy atom. The van der Waals surface area contributed by atoms with Crippen LogP contribution in [0.5, 0.6) is 0 Å². The van der Waals surface area contributed by atoms with Crippen LogP contribution < -0.4 is 10.6 Å². The standard InChI is InChI=1S/C18H27N5O/c1-3-24-13-7-10-20-18(19-2)21-14-16-8-4-5-9-17(16)15-23-12-6-11-22-23/h4-6,8-9,11-12H,3,7,10,13-15H2,1-2H3,(H2,19,20,21). The summed E-state index contributed by atoms with van der Waals surface area (Å²) in [6.07, 6.45) is 4.74. The van der Waals surface area contributed by atoms with Crippen molar-refractivity contribution < 1.29 is 4.74 Å². The first-order valence-corrected chi connectivity index (χ1v) is 8.40. The van der Waals surface area contributed by atoms with Crippen molar-refractivity contribution in [2.75, 3.05) is 26.8 Å². The smallest absolute Gasteiger partial charge is 0.191 e. The van der Waals surface area contributed by atoms with Gasteiger partial charge in [0, 0.05) is 45.7 Å². The van der Waals surface area contributed by atoms with Crippen molar-refractivity contribution in [3.05, 3.63) is 53.9 Å². The van der Waals surface area contributed by atoms with Gasteiger partial charge in [-0.15, -0.1) is 0 Å². The Morgan fingerprint density at radius 2 is 2.04 bits per heavy atom. The molecule has 2 N–H and O–H groups in total. The minimum atomic E-state index is 0.725. The van der Waals surface area contributed by atoms with E-state index in [2.05, 4.69) is 45.0 Å². The highest BCUT2D eigenvalue weighted by Gasteiger charge is 2.04. The first-order chi connectivity index (χ1) is 11.8. The van der Waals surface area contributed by atoms with Crippen LogP contribution in [0.25, 0.3) is 0 Å². The first kappa shape index (κ1) is 18.0. The van der Waals surface area contributed by atoms with E-state index < -0.39 is 0 Å². The molecule has 24 heavy (non-hydrogen) atoms. The third-order valence-electron chi connectivity index (χ3n) is 3.64. The van der Waals surface area contributed by atoms with Gasteiger partial charge >= 0.3 is 0 Å². The van der Waals surface area contributed by atoms with Gasteiger partial charge in [-0.05, 0) is 30.5 Å². The molecule has 130 valence electrons. The second kappa shape index (κ2) is 10.4. The summed E-state index contributed by atoms with van der Waals surface area (Å²) in [6.45, 7) is 5.88. The average Bonchev–Trinajstić information content (AvgIpc) is 3.11.